The Morgan fingerprint density at radius 3 is 0.898 bits per heavy atom. The molecule has 118 heavy (non-hydrogen) atoms. The summed E-state index contributed by atoms with van der Waals surface area (Å²) in [6, 6.07) is 108. The van der Waals surface area contributed by atoms with E-state index >= 15 is 17.6 Å². The van der Waals surface area contributed by atoms with E-state index < -0.39 is 10.8 Å². The highest BCUT2D eigenvalue weighted by Crippen LogP contribution is 2.60. The van der Waals surface area contributed by atoms with Gasteiger partial charge in [0.05, 0.1) is 10.8 Å². The van der Waals surface area contributed by atoms with Gasteiger partial charge in [-0.2, -0.15) is 0 Å². The van der Waals surface area contributed by atoms with E-state index in [1.807, 2.05) is 133 Å². The van der Waals surface area contributed by atoms with E-state index in [-0.39, 0.29) is 23.3 Å². The first-order valence-corrected chi connectivity index (χ1v) is 41.3. The standard InChI is InChI=1S/C110H92F4N2O2/c1-7-11-13-15-21-77-69-104(98-64-52-90(68-74(98)6)116(88-49-45-86(114)46-50-88)92-54-66-102-100-24-18-20-26-106(100)110(108(102)72-92,80-33-41-84(112)42-34-80)82-37-61-96(62-38-82)118-94-57-29-76(10-4)30-58-94)78(22-16-14-12-8-2)70-103(77)97-63-51-89(67-73(97)5)115(87-47-43-85(113)44-48-87)91-53-65-101-99-23-17-19-25-105(99)109(107(101)71-91,79-31-39-83(111)40-32-79)81-35-59-95(60-36-81)117-93-55-27-75(9-3)28-56-93/h9-10,17-20,23-72H,3-4,7-8,11-16,21-22H2,1-2,5-6H3. The molecule has 17 rings (SSSR count). The van der Waals surface area contributed by atoms with Crippen molar-refractivity contribution in [1.29, 1.82) is 0 Å². The van der Waals surface area contributed by atoms with Crippen molar-refractivity contribution in [1.82, 2.24) is 0 Å². The molecule has 0 bridgehead atoms. The number of aryl methyl sites for hydroxylation is 4. The maximum Gasteiger partial charge on any atom is 0.127 e. The molecule has 4 nitrogen and oxygen atoms in total. The van der Waals surface area contributed by atoms with Gasteiger partial charge in [-0.05, 0) is 332 Å². The molecule has 582 valence electrons. The molecule has 0 aromatic heterocycles. The van der Waals surface area contributed by atoms with Gasteiger partial charge >= 0.3 is 0 Å². The van der Waals surface area contributed by atoms with Crippen molar-refractivity contribution in [2.75, 3.05) is 9.80 Å². The van der Waals surface area contributed by atoms with Crippen LogP contribution in [0.2, 0.25) is 0 Å². The summed E-state index contributed by atoms with van der Waals surface area (Å²) in [6.07, 6.45) is 14.2. The molecule has 2 aliphatic rings. The molecular formula is C110H92F4N2O2. The van der Waals surface area contributed by atoms with Crippen LogP contribution in [-0.4, -0.2) is 0 Å². The topological polar surface area (TPSA) is 24.9 Å². The van der Waals surface area contributed by atoms with Gasteiger partial charge in [0.2, 0.25) is 0 Å². The zero-order chi connectivity index (χ0) is 81.0. The highest BCUT2D eigenvalue weighted by Gasteiger charge is 2.48. The van der Waals surface area contributed by atoms with Crippen LogP contribution in [0.4, 0.5) is 51.7 Å². The summed E-state index contributed by atoms with van der Waals surface area (Å²) in [4.78, 5) is 4.46. The van der Waals surface area contributed by atoms with Crippen LogP contribution >= 0.6 is 0 Å². The van der Waals surface area contributed by atoms with Crippen LogP contribution in [-0.2, 0) is 23.7 Å². The average molecular weight is 1550 g/mol. The summed E-state index contributed by atoms with van der Waals surface area (Å²) in [5.41, 5.74) is 27.1. The van der Waals surface area contributed by atoms with Crippen molar-refractivity contribution in [3.63, 3.8) is 0 Å². The zero-order valence-corrected chi connectivity index (χ0v) is 67.0. The van der Waals surface area contributed by atoms with Crippen LogP contribution < -0.4 is 19.3 Å². The highest BCUT2D eigenvalue weighted by atomic mass is 19.1. The number of ether oxygens (including phenoxy) is 2. The predicted octanol–water partition coefficient (Wildman–Crippen LogP) is 31.0. The third-order valence-electron chi connectivity index (χ3n) is 24.0. The Morgan fingerprint density at radius 1 is 0.280 bits per heavy atom. The van der Waals surface area contributed by atoms with Gasteiger partial charge in [0.1, 0.15) is 46.3 Å². The number of rotatable bonds is 28. The molecular weight excluding hydrogens is 1460 g/mol. The molecule has 0 N–H and O–H groups in total. The predicted molar refractivity (Wildman–Crippen MR) is 480 cm³/mol. The Hall–Kier alpha value is -13.3. The van der Waals surface area contributed by atoms with Crippen molar-refractivity contribution in [3.05, 3.63) is 442 Å². The third-order valence-corrected chi connectivity index (χ3v) is 24.0. The maximum atomic E-state index is 15.3. The number of hydrogen-bond donors (Lipinski definition) is 0. The molecule has 0 saturated carbocycles. The zero-order valence-electron chi connectivity index (χ0n) is 67.0. The number of unbranched alkanes of at least 4 members (excludes halogenated alkanes) is 6. The largest absolute Gasteiger partial charge is 0.457 e. The van der Waals surface area contributed by atoms with Gasteiger partial charge in [0.25, 0.3) is 0 Å². The molecule has 0 heterocycles. The minimum Gasteiger partial charge on any atom is -0.457 e. The molecule has 0 fully saturated rings. The van der Waals surface area contributed by atoms with Crippen molar-refractivity contribution < 1.29 is 27.0 Å². The molecule has 0 saturated heterocycles. The van der Waals surface area contributed by atoms with Gasteiger partial charge in [-0.1, -0.05) is 235 Å². The smallest absolute Gasteiger partial charge is 0.127 e. The fourth-order valence-electron chi connectivity index (χ4n) is 18.3. The van der Waals surface area contributed by atoms with Crippen LogP contribution in [0.5, 0.6) is 23.0 Å². The van der Waals surface area contributed by atoms with E-state index in [2.05, 4.69) is 208 Å². The Kier molecular flexibility index (Phi) is 21.9. The van der Waals surface area contributed by atoms with Crippen LogP contribution in [0.3, 0.4) is 0 Å². The minimum absolute atomic E-state index is 0.323. The second kappa shape index (κ2) is 33.5. The van der Waals surface area contributed by atoms with Crippen molar-refractivity contribution >= 4 is 46.3 Å². The first-order valence-electron chi connectivity index (χ1n) is 41.3. The minimum atomic E-state index is -0.903. The highest BCUT2D eigenvalue weighted by molar-refractivity contribution is 5.93. The lowest BCUT2D eigenvalue weighted by atomic mass is 9.67. The molecule has 15 aromatic rings. The number of nitrogens with zero attached hydrogens (tertiary/aromatic N) is 2. The summed E-state index contributed by atoms with van der Waals surface area (Å²) < 4.78 is 74.1. The summed E-state index contributed by atoms with van der Waals surface area (Å²) in [5.74, 6) is 1.45. The van der Waals surface area contributed by atoms with Gasteiger partial charge in [0, 0.05) is 34.1 Å². The molecule has 0 amide bonds. The number of benzene rings is 15. The van der Waals surface area contributed by atoms with Crippen molar-refractivity contribution in [3.8, 4) is 67.5 Å². The lowest BCUT2D eigenvalue weighted by molar-refractivity contribution is 0.482. The first kappa shape index (κ1) is 77.3. The van der Waals surface area contributed by atoms with Gasteiger partial charge in [-0.25, -0.2) is 17.6 Å². The quantitative estimate of drug-likeness (QED) is 0.0360. The normalized spacial score (nSPS) is 14.2. The Balaban J connectivity index is 0.765. The number of fused-ring (bicyclic) bond motifs is 6. The van der Waals surface area contributed by atoms with Crippen LogP contribution in [0.15, 0.2) is 341 Å². The number of hydrogen-bond acceptors (Lipinski definition) is 4. The van der Waals surface area contributed by atoms with E-state index in [1.54, 1.807) is 24.3 Å². The number of halogens is 4. The Morgan fingerprint density at radius 2 is 0.568 bits per heavy atom. The molecule has 2 atom stereocenters. The van der Waals surface area contributed by atoms with Crippen LogP contribution in [0, 0.1) is 37.1 Å². The lowest BCUT2D eigenvalue weighted by Gasteiger charge is -2.35. The van der Waals surface area contributed by atoms with Gasteiger partial charge < -0.3 is 19.3 Å². The first-order chi connectivity index (χ1) is 57.7. The molecule has 15 aromatic carbocycles. The molecule has 0 radical (unpaired) electrons. The summed E-state index contributed by atoms with van der Waals surface area (Å²) in [7, 11) is 0. The van der Waals surface area contributed by atoms with Crippen molar-refractivity contribution in [2.45, 2.75) is 103 Å². The fraction of sp³-hybridized carbons (Fsp3) is 0.145. The average Bonchev–Trinajstić information content (AvgIpc) is 1.54. The van der Waals surface area contributed by atoms with Crippen molar-refractivity contribution in [2.24, 2.45) is 0 Å². The third kappa shape index (κ3) is 14.7. The van der Waals surface area contributed by atoms with E-state index in [4.69, 9.17) is 9.47 Å². The molecule has 0 spiro atoms. The Bertz CT molecular complexity index is 5800. The molecule has 2 aliphatic carbocycles. The second-order valence-electron chi connectivity index (χ2n) is 31.3. The molecule has 2 unspecified atom stereocenters. The summed E-state index contributed by atoms with van der Waals surface area (Å²) in [5, 5.41) is 0. The van der Waals surface area contributed by atoms with Crippen LogP contribution in [0.25, 0.3) is 56.7 Å². The lowest BCUT2D eigenvalue weighted by Crippen LogP contribution is -2.29. The SMILES string of the molecule is C=Cc1ccc(Oc2ccc(C3(c4ccc(F)cc4)c4ccccc4-c4ccc(N(c5ccc(F)cc5)c5ccc(-c6cc(CCCCCC)c(-c7ccc(N(c8ccc(F)cc8)c8ccc9c(c8)C(c8ccc(F)cc8)(c8ccc(Oc%10ccc(C=C)cc%10)cc8)c8ccccc8-9)cc7C)cc6CCCCCC)c(C)c5)cc43)cc2)cc1. The number of anilines is 6. The molecule has 0 aliphatic heterocycles. The van der Waals surface area contributed by atoms with E-state index in [0.717, 1.165) is 198 Å². The monoisotopic (exact) mass is 1550 g/mol. The van der Waals surface area contributed by atoms with Gasteiger partial charge in [-0.15, -0.1) is 0 Å². The van der Waals surface area contributed by atoms with Gasteiger partial charge in [-0.3, -0.25) is 0 Å². The van der Waals surface area contributed by atoms with E-state index in [1.165, 1.54) is 46.5 Å². The summed E-state index contributed by atoms with van der Waals surface area (Å²) >= 11 is 0. The molecule has 8 heteroatoms. The Labute approximate surface area is 691 Å². The van der Waals surface area contributed by atoms with Gasteiger partial charge in [0.15, 0.2) is 0 Å². The summed E-state index contributed by atoms with van der Waals surface area (Å²) in [6.45, 7) is 16.8. The van der Waals surface area contributed by atoms with Crippen LogP contribution in [0.1, 0.15) is 143 Å². The maximum absolute atomic E-state index is 15.3. The fourth-order valence-corrected chi connectivity index (χ4v) is 18.3. The second-order valence-corrected chi connectivity index (χ2v) is 31.3. The van der Waals surface area contributed by atoms with E-state index in [0.29, 0.717) is 23.0 Å². The van der Waals surface area contributed by atoms with E-state index in [9.17, 15) is 0 Å².